The van der Waals surface area contributed by atoms with Crippen LogP contribution < -0.4 is 5.32 Å². The maximum atomic E-state index is 12.3. The molecule has 2 aromatic carbocycles. The van der Waals surface area contributed by atoms with E-state index in [4.69, 9.17) is 4.74 Å². The predicted octanol–water partition coefficient (Wildman–Crippen LogP) is 5.46. The molecule has 1 heterocycles. The van der Waals surface area contributed by atoms with E-state index in [9.17, 15) is 9.59 Å². The highest BCUT2D eigenvalue weighted by Gasteiger charge is 2.09. The van der Waals surface area contributed by atoms with Crippen LogP contribution in [0.2, 0.25) is 0 Å². The summed E-state index contributed by atoms with van der Waals surface area (Å²) in [6, 6.07) is 17.5. The molecule has 4 nitrogen and oxygen atoms in total. The van der Waals surface area contributed by atoms with Crippen LogP contribution in [0.5, 0.6) is 0 Å². The van der Waals surface area contributed by atoms with Gasteiger partial charge in [0.2, 0.25) is 5.91 Å². The molecule has 0 radical (unpaired) electrons. The van der Waals surface area contributed by atoms with Crippen molar-refractivity contribution in [1.29, 1.82) is 0 Å². The molecule has 0 aliphatic carbocycles. The number of esters is 1. The quantitative estimate of drug-likeness (QED) is 0.478. The minimum atomic E-state index is -0.243. The highest BCUT2D eigenvalue weighted by Crippen LogP contribution is 2.30. The van der Waals surface area contributed by atoms with Crippen molar-refractivity contribution in [3.05, 3.63) is 75.6 Å². The minimum Gasteiger partial charge on any atom is -0.466 e. The number of rotatable bonds is 7. The van der Waals surface area contributed by atoms with Crippen LogP contribution in [0.1, 0.15) is 18.1 Å². The van der Waals surface area contributed by atoms with Gasteiger partial charge in [0.25, 0.3) is 0 Å². The molecule has 144 valence electrons. The van der Waals surface area contributed by atoms with E-state index in [1.54, 1.807) is 6.92 Å². The number of hydrogen-bond acceptors (Lipinski definition) is 4. The van der Waals surface area contributed by atoms with Gasteiger partial charge in [-0.1, -0.05) is 52.3 Å². The monoisotopic (exact) mass is 457 g/mol. The predicted molar refractivity (Wildman–Crippen MR) is 117 cm³/mol. The lowest BCUT2D eigenvalue weighted by atomic mass is 10.1. The van der Waals surface area contributed by atoms with Crippen molar-refractivity contribution in [2.24, 2.45) is 0 Å². The second-order valence-electron chi connectivity index (χ2n) is 6.23. The Labute approximate surface area is 176 Å². The Morgan fingerprint density at radius 3 is 2.25 bits per heavy atom. The maximum Gasteiger partial charge on any atom is 0.310 e. The van der Waals surface area contributed by atoms with Crippen LogP contribution in [0.15, 0.2) is 64.5 Å². The minimum absolute atomic E-state index is 0.0673. The Hall–Kier alpha value is -2.44. The Morgan fingerprint density at radius 1 is 0.964 bits per heavy atom. The van der Waals surface area contributed by atoms with Crippen molar-refractivity contribution in [2.75, 3.05) is 11.9 Å². The Morgan fingerprint density at radius 2 is 1.61 bits per heavy atom. The van der Waals surface area contributed by atoms with E-state index in [0.717, 1.165) is 31.7 Å². The molecule has 0 saturated carbocycles. The van der Waals surface area contributed by atoms with E-state index in [1.807, 2.05) is 60.0 Å². The van der Waals surface area contributed by atoms with E-state index in [1.165, 1.54) is 11.3 Å². The van der Waals surface area contributed by atoms with Gasteiger partial charge in [-0.3, -0.25) is 9.59 Å². The molecule has 1 N–H and O–H groups in total. The first-order valence-corrected chi connectivity index (χ1v) is 10.6. The van der Waals surface area contributed by atoms with Gasteiger partial charge in [-0.05, 0) is 47.4 Å². The van der Waals surface area contributed by atoms with Gasteiger partial charge in [0.1, 0.15) is 0 Å². The molecule has 3 rings (SSSR count). The van der Waals surface area contributed by atoms with Crippen molar-refractivity contribution < 1.29 is 14.3 Å². The zero-order valence-electron chi connectivity index (χ0n) is 15.4. The highest BCUT2D eigenvalue weighted by molar-refractivity contribution is 9.10. The molecular formula is C22H20BrNO3S. The Kier molecular flexibility index (Phi) is 7.01. The van der Waals surface area contributed by atoms with Crippen LogP contribution in [-0.4, -0.2) is 18.5 Å². The standard InChI is InChI=1S/C22H20BrNO3S/c1-2-27-22(26)12-16-5-3-15(4-6-16)11-20(25)24-21-13-18(14-28-21)17-7-9-19(23)10-8-17/h3-10,13-14H,2,11-12H2,1H3,(H,24,25). The number of thiophene rings is 1. The second-order valence-corrected chi connectivity index (χ2v) is 8.06. The molecule has 0 atom stereocenters. The van der Waals surface area contributed by atoms with Crippen LogP contribution in [0.3, 0.4) is 0 Å². The molecule has 0 aliphatic rings. The number of carbonyl (C=O) groups is 2. The van der Waals surface area contributed by atoms with Crippen LogP contribution >= 0.6 is 27.3 Å². The Bertz CT molecular complexity index is 949. The first-order valence-electron chi connectivity index (χ1n) is 8.91. The van der Waals surface area contributed by atoms with Crippen LogP contribution in [0, 0.1) is 0 Å². The third-order valence-electron chi connectivity index (χ3n) is 4.08. The molecule has 0 fully saturated rings. The van der Waals surface area contributed by atoms with Gasteiger partial charge in [0.15, 0.2) is 0 Å². The maximum absolute atomic E-state index is 12.3. The molecular weight excluding hydrogens is 438 g/mol. The molecule has 1 amide bonds. The first kappa shape index (κ1) is 20.3. The smallest absolute Gasteiger partial charge is 0.310 e. The fraction of sp³-hybridized carbons (Fsp3) is 0.182. The largest absolute Gasteiger partial charge is 0.466 e. The zero-order chi connectivity index (χ0) is 19.9. The highest BCUT2D eigenvalue weighted by atomic mass is 79.9. The van der Waals surface area contributed by atoms with Gasteiger partial charge in [-0.2, -0.15) is 0 Å². The average molecular weight is 458 g/mol. The summed E-state index contributed by atoms with van der Waals surface area (Å²) in [6.07, 6.45) is 0.527. The van der Waals surface area contributed by atoms with Gasteiger partial charge in [-0.15, -0.1) is 11.3 Å². The van der Waals surface area contributed by atoms with E-state index in [2.05, 4.69) is 21.2 Å². The fourth-order valence-corrected chi connectivity index (χ4v) is 3.81. The number of benzene rings is 2. The van der Waals surface area contributed by atoms with Crippen molar-refractivity contribution >= 4 is 44.1 Å². The summed E-state index contributed by atoms with van der Waals surface area (Å²) in [5, 5.41) is 5.80. The summed E-state index contributed by atoms with van der Waals surface area (Å²) in [7, 11) is 0. The lowest BCUT2D eigenvalue weighted by Crippen LogP contribution is -2.13. The molecule has 0 aliphatic heterocycles. The van der Waals surface area contributed by atoms with E-state index in [0.29, 0.717) is 6.61 Å². The summed E-state index contributed by atoms with van der Waals surface area (Å²) in [5.74, 6) is -0.311. The van der Waals surface area contributed by atoms with Gasteiger partial charge in [0, 0.05) is 9.85 Å². The zero-order valence-corrected chi connectivity index (χ0v) is 17.8. The molecule has 6 heteroatoms. The summed E-state index contributed by atoms with van der Waals surface area (Å²) in [6.45, 7) is 2.17. The van der Waals surface area contributed by atoms with Crippen molar-refractivity contribution in [3.8, 4) is 11.1 Å². The van der Waals surface area contributed by atoms with Crippen molar-refractivity contribution in [3.63, 3.8) is 0 Å². The van der Waals surface area contributed by atoms with Gasteiger partial charge < -0.3 is 10.1 Å². The lowest BCUT2D eigenvalue weighted by molar-refractivity contribution is -0.142. The van der Waals surface area contributed by atoms with Gasteiger partial charge in [0.05, 0.1) is 24.4 Å². The topological polar surface area (TPSA) is 55.4 Å². The van der Waals surface area contributed by atoms with Crippen molar-refractivity contribution in [1.82, 2.24) is 0 Å². The number of ether oxygens (including phenoxy) is 1. The molecule has 0 bridgehead atoms. The average Bonchev–Trinajstić information content (AvgIpc) is 3.12. The molecule has 0 saturated heterocycles. The summed E-state index contributed by atoms with van der Waals surface area (Å²) < 4.78 is 5.98. The summed E-state index contributed by atoms with van der Waals surface area (Å²) in [4.78, 5) is 23.8. The van der Waals surface area contributed by atoms with Crippen molar-refractivity contribution in [2.45, 2.75) is 19.8 Å². The van der Waals surface area contributed by atoms with E-state index < -0.39 is 0 Å². The van der Waals surface area contributed by atoms with Gasteiger partial charge in [-0.25, -0.2) is 0 Å². The summed E-state index contributed by atoms with van der Waals surface area (Å²) in [5.41, 5.74) is 3.96. The van der Waals surface area contributed by atoms with Crippen LogP contribution in [0.25, 0.3) is 11.1 Å². The third kappa shape index (κ3) is 5.78. The fourth-order valence-electron chi connectivity index (χ4n) is 2.72. The van der Waals surface area contributed by atoms with Gasteiger partial charge >= 0.3 is 5.97 Å². The van der Waals surface area contributed by atoms with Crippen LogP contribution in [-0.2, 0) is 27.2 Å². The number of hydrogen-bond donors (Lipinski definition) is 1. The number of carbonyl (C=O) groups excluding carboxylic acids is 2. The number of nitrogens with one attached hydrogen (secondary N) is 1. The normalized spacial score (nSPS) is 10.5. The number of anilines is 1. The first-order chi connectivity index (χ1) is 13.5. The van der Waals surface area contributed by atoms with E-state index >= 15 is 0 Å². The number of amides is 1. The molecule has 28 heavy (non-hydrogen) atoms. The second kappa shape index (κ2) is 9.66. The SMILES string of the molecule is CCOC(=O)Cc1ccc(CC(=O)Nc2cc(-c3ccc(Br)cc3)cs2)cc1. The summed E-state index contributed by atoms with van der Waals surface area (Å²) >= 11 is 4.94. The third-order valence-corrected chi connectivity index (χ3v) is 5.46. The molecule has 0 unspecified atom stereocenters. The molecule has 3 aromatic rings. The molecule has 1 aromatic heterocycles. The Balaban J connectivity index is 1.55. The van der Waals surface area contributed by atoms with Crippen LogP contribution in [0.4, 0.5) is 5.00 Å². The van der Waals surface area contributed by atoms with E-state index in [-0.39, 0.29) is 24.7 Å². The lowest BCUT2D eigenvalue weighted by Gasteiger charge is -2.05. The molecule has 0 spiro atoms. The number of halogens is 1.